The van der Waals surface area contributed by atoms with Gasteiger partial charge in [0.05, 0.1) is 10.7 Å². The standard InChI is InChI=1S/C26H23ClN2O4/c1-3-24(31)28-13-26(2,14-28)15-29-22-11-21(27)20(10-23(22)33-12-25(29)32)19-9-17(30)8-16-6-4-5-7-18(16)19/h3-11,30H,1,12-15H2,2H3. The molecule has 0 unspecified atom stereocenters. The van der Waals surface area contributed by atoms with Crippen LogP contribution in [0.25, 0.3) is 21.9 Å². The zero-order valence-electron chi connectivity index (χ0n) is 18.2. The molecule has 0 atom stereocenters. The van der Waals surface area contributed by atoms with Gasteiger partial charge in [-0.3, -0.25) is 9.59 Å². The third-order valence-electron chi connectivity index (χ3n) is 6.30. The molecule has 0 saturated carbocycles. The van der Waals surface area contributed by atoms with E-state index in [1.165, 1.54) is 6.08 Å². The van der Waals surface area contributed by atoms with Crippen LogP contribution in [0, 0.1) is 5.41 Å². The Morgan fingerprint density at radius 2 is 1.97 bits per heavy atom. The van der Waals surface area contributed by atoms with Gasteiger partial charge < -0.3 is 19.6 Å². The first-order valence-electron chi connectivity index (χ1n) is 10.7. The van der Waals surface area contributed by atoms with E-state index >= 15 is 0 Å². The Balaban J connectivity index is 1.51. The van der Waals surface area contributed by atoms with Crippen LogP contribution in [0.5, 0.6) is 11.5 Å². The third-order valence-corrected chi connectivity index (χ3v) is 6.61. The number of rotatable bonds is 4. The molecule has 3 aromatic carbocycles. The number of aromatic hydroxyl groups is 1. The predicted octanol–water partition coefficient (Wildman–Crippen LogP) is 4.63. The number of ether oxygens (including phenoxy) is 1. The Kier molecular flexibility index (Phi) is 5.05. The number of hydrogen-bond acceptors (Lipinski definition) is 4. The number of nitrogens with zero attached hydrogens (tertiary/aromatic N) is 2. The van der Waals surface area contributed by atoms with Gasteiger partial charge in [0.2, 0.25) is 5.91 Å². The Hall–Kier alpha value is -3.51. The first-order valence-corrected chi connectivity index (χ1v) is 11.1. The lowest BCUT2D eigenvalue weighted by atomic mass is 9.81. The van der Waals surface area contributed by atoms with Gasteiger partial charge >= 0.3 is 0 Å². The highest BCUT2D eigenvalue weighted by Gasteiger charge is 2.44. The Labute approximate surface area is 196 Å². The van der Waals surface area contributed by atoms with Crippen LogP contribution in [0.15, 0.2) is 61.2 Å². The van der Waals surface area contributed by atoms with Crippen molar-refractivity contribution in [2.24, 2.45) is 5.41 Å². The van der Waals surface area contributed by atoms with E-state index in [4.69, 9.17) is 16.3 Å². The minimum absolute atomic E-state index is 0.0692. The summed E-state index contributed by atoms with van der Waals surface area (Å²) in [6.45, 7) is 7.08. The summed E-state index contributed by atoms with van der Waals surface area (Å²) < 4.78 is 5.78. The van der Waals surface area contributed by atoms with E-state index in [-0.39, 0.29) is 29.6 Å². The molecule has 5 rings (SSSR count). The van der Waals surface area contributed by atoms with Crippen LogP contribution in [0.3, 0.4) is 0 Å². The molecule has 2 aliphatic rings. The van der Waals surface area contributed by atoms with Gasteiger partial charge in [0.15, 0.2) is 6.61 Å². The molecule has 2 aliphatic heterocycles. The van der Waals surface area contributed by atoms with Crippen LogP contribution in [0.4, 0.5) is 5.69 Å². The molecule has 0 aromatic heterocycles. The number of benzene rings is 3. The first-order chi connectivity index (χ1) is 15.8. The Morgan fingerprint density at radius 1 is 1.21 bits per heavy atom. The Morgan fingerprint density at radius 3 is 2.73 bits per heavy atom. The maximum Gasteiger partial charge on any atom is 0.265 e. The lowest BCUT2D eigenvalue weighted by Crippen LogP contribution is -2.62. The zero-order valence-corrected chi connectivity index (χ0v) is 18.9. The molecule has 33 heavy (non-hydrogen) atoms. The van der Waals surface area contributed by atoms with Crippen molar-refractivity contribution in [3.8, 4) is 22.6 Å². The smallest absolute Gasteiger partial charge is 0.265 e. The van der Waals surface area contributed by atoms with Crippen molar-refractivity contribution in [2.75, 3.05) is 31.1 Å². The summed E-state index contributed by atoms with van der Waals surface area (Å²) in [4.78, 5) is 28.0. The molecule has 0 aliphatic carbocycles. The second-order valence-electron chi connectivity index (χ2n) is 8.99. The molecular formula is C26H23ClN2O4. The van der Waals surface area contributed by atoms with Gasteiger partial charge in [0, 0.05) is 30.6 Å². The van der Waals surface area contributed by atoms with Crippen molar-refractivity contribution in [1.29, 1.82) is 0 Å². The molecule has 6 nitrogen and oxygen atoms in total. The molecule has 7 heteroatoms. The number of phenols is 1. The predicted molar refractivity (Wildman–Crippen MR) is 129 cm³/mol. The van der Waals surface area contributed by atoms with Crippen LogP contribution < -0.4 is 9.64 Å². The summed E-state index contributed by atoms with van der Waals surface area (Å²) in [7, 11) is 0. The summed E-state index contributed by atoms with van der Waals surface area (Å²) in [5, 5.41) is 12.6. The highest BCUT2D eigenvalue weighted by atomic mass is 35.5. The van der Waals surface area contributed by atoms with Crippen molar-refractivity contribution < 1.29 is 19.4 Å². The van der Waals surface area contributed by atoms with Gasteiger partial charge in [-0.2, -0.15) is 0 Å². The molecule has 1 saturated heterocycles. The van der Waals surface area contributed by atoms with E-state index in [0.717, 1.165) is 21.9 Å². The molecule has 0 bridgehead atoms. The van der Waals surface area contributed by atoms with Crippen LogP contribution in [-0.4, -0.2) is 48.1 Å². The lowest BCUT2D eigenvalue weighted by Gasteiger charge is -2.50. The van der Waals surface area contributed by atoms with Gasteiger partial charge in [-0.1, -0.05) is 49.4 Å². The third kappa shape index (κ3) is 3.70. The highest BCUT2D eigenvalue weighted by Crippen LogP contribution is 2.45. The topological polar surface area (TPSA) is 70.1 Å². The molecular weight excluding hydrogens is 440 g/mol. The minimum Gasteiger partial charge on any atom is -0.508 e. The number of halogens is 1. The second kappa shape index (κ2) is 7.81. The number of carbonyl (C=O) groups excluding carboxylic acids is 2. The van der Waals surface area contributed by atoms with Crippen molar-refractivity contribution in [3.05, 3.63) is 66.2 Å². The Bertz CT molecular complexity index is 1310. The van der Waals surface area contributed by atoms with Crippen LogP contribution in [-0.2, 0) is 9.59 Å². The van der Waals surface area contributed by atoms with Crippen LogP contribution in [0.1, 0.15) is 6.92 Å². The average Bonchev–Trinajstić information content (AvgIpc) is 2.78. The van der Waals surface area contributed by atoms with Crippen molar-refractivity contribution >= 4 is 39.9 Å². The fraction of sp³-hybridized carbons (Fsp3) is 0.231. The lowest BCUT2D eigenvalue weighted by molar-refractivity contribution is -0.136. The number of phenolic OH excluding ortho intramolecular Hbond substituents is 1. The summed E-state index contributed by atoms with van der Waals surface area (Å²) in [5.41, 5.74) is 1.89. The second-order valence-corrected chi connectivity index (χ2v) is 9.40. The number of hydrogen-bond donors (Lipinski definition) is 1. The van der Waals surface area contributed by atoms with Gasteiger partial charge in [-0.25, -0.2) is 0 Å². The average molecular weight is 463 g/mol. The normalized spacial score (nSPS) is 16.7. The largest absolute Gasteiger partial charge is 0.508 e. The van der Waals surface area contributed by atoms with E-state index in [0.29, 0.717) is 36.1 Å². The number of carbonyl (C=O) groups is 2. The molecule has 1 fully saturated rings. The minimum atomic E-state index is -0.227. The van der Waals surface area contributed by atoms with E-state index in [1.807, 2.05) is 30.3 Å². The summed E-state index contributed by atoms with van der Waals surface area (Å²) in [5.74, 6) is 0.450. The van der Waals surface area contributed by atoms with Gasteiger partial charge in [-0.15, -0.1) is 0 Å². The molecule has 2 heterocycles. The highest BCUT2D eigenvalue weighted by molar-refractivity contribution is 6.34. The van der Waals surface area contributed by atoms with Crippen LogP contribution in [0.2, 0.25) is 5.02 Å². The summed E-state index contributed by atoms with van der Waals surface area (Å²) in [6.07, 6.45) is 1.31. The zero-order chi connectivity index (χ0) is 23.3. The monoisotopic (exact) mass is 462 g/mol. The van der Waals surface area contributed by atoms with Crippen molar-refractivity contribution in [2.45, 2.75) is 6.92 Å². The van der Waals surface area contributed by atoms with Crippen molar-refractivity contribution in [1.82, 2.24) is 4.90 Å². The first kappa shape index (κ1) is 21.3. The fourth-order valence-electron chi connectivity index (χ4n) is 4.76. The van der Waals surface area contributed by atoms with E-state index in [9.17, 15) is 14.7 Å². The summed E-state index contributed by atoms with van der Waals surface area (Å²) >= 11 is 6.72. The SMILES string of the molecule is C=CC(=O)N1CC(C)(CN2C(=O)COc3cc(-c4cc(O)cc5ccccc45)c(Cl)cc32)C1. The van der Waals surface area contributed by atoms with E-state index in [1.54, 1.807) is 28.0 Å². The van der Waals surface area contributed by atoms with E-state index < -0.39 is 0 Å². The molecule has 0 radical (unpaired) electrons. The van der Waals surface area contributed by atoms with Gasteiger partial charge in [0.1, 0.15) is 11.5 Å². The molecule has 0 spiro atoms. The van der Waals surface area contributed by atoms with Gasteiger partial charge in [0.25, 0.3) is 5.91 Å². The molecule has 2 amide bonds. The maximum absolute atomic E-state index is 12.8. The molecule has 1 N–H and O–H groups in total. The molecule has 3 aromatic rings. The number of fused-ring (bicyclic) bond motifs is 2. The van der Waals surface area contributed by atoms with Gasteiger partial charge in [-0.05, 0) is 46.7 Å². The molecule has 168 valence electrons. The fourth-order valence-corrected chi connectivity index (χ4v) is 5.02. The van der Waals surface area contributed by atoms with E-state index in [2.05, 4.69) is 13.5 Å². The van der Waals surface area contributed by atoms with Crippen LogP contribution >= 0.6 is 11.6 Å². The van der Waals surface area contributed by atoms with Crippen molar-refractivity contribution in [3.63, 3.8) is 0 Å². The summed E-state index contributed by atoms with van der Waals surface area (Å²) in [6, 6.07) is 14.7. The number of anilines is 1. The quantitative estimate of drug-likeness (QED) is 0.574. The number of likely N-dealkylation sites (tertiary alicyclic amines) is 1. The number of amides is 2. The maximum atomic E-state index is 12.8.